The average Bonchev–Trinajstić information content (AvgIpc) is 2.29. The molecule has 2 saturated heterocycles. The summed E-state index contributed by atoms with van der Waals surface area (Å²) >= 11 is 0. The van der Waals surface area contributed by atoms with E-state index in [9.17, 15) is 9.13 Å². The van der Waals surface area contributed by atoms with Crippen molar-refractivity contribution in [3.63, 3.8) is 0 Å². The van der Waals surface area contributed by atoms with Crippen LogP contribution in [0.25, 0.3) is 0 Å². The van der Waals surface area contributed by atoms with Gasteiger partial charge in [-0.15, -0.1) is 0 Å². The average molecular weight is 270 g/mol. The Bertz CT molecular complexity index is 279. The topological polar surface area (TPSA) is 80.3 Å². The molecule has 0 aromatic heterocycles. The van der Waals surface area contributed by atoms with Gasteiger partial charge in [0.1, 0.15) is 0 Å². The molecule has 2 radical (unpaired) electrons. The first-order valence-electron chi connectivity index (χ1n) is 4.74. The molecule has 0 unspecified atom stereocenters. The summed E-state index contributed by atoms with van der Waals surface area (Å²) in [6.45, 7) is 0.801. The van der Waals surface area contributed by atoms with Crippen LogP contribution in [-0.2, 0) is 31.7 Å². The zero-order valence-corrected chi connectivity index (χ0v) is 10.3. The van der Waals surface area contributed by atoms with Gasteiger partial charge in [-0.1, -0.05) is 0 Å². The van der Waals surface area contributed by atoms with E-state index in [0.29, 0.717) is 19.6 Å². The maximum absolute atomic E-state index is 11.8. The van der Waals surface area contributed by atoms with Crippen molar-refractivity contribution in [2.45, 2.75) is 6.42 Å². The molecular formula is C7H12O7P2. The Hall–Kier alpha value is 0.260. The molecule has 0 spiro atoms. The Morgan fingerprint density at radius 2 is 1.69 bits per heavy atom. The van der Waals surface area contributed by atoms with Gasteiger partial charge in [0.25, 0.3) is 0 Å². The predicted octanol–water partition coefficient (Wildman–Crippen LogP) is 1.83. The van der Waals surface area contributed by atoms with Crippen LogP contribution in [0.4, 0.5) is 0 Å². The predicted molar refractivity (Wildman–Crippen MR) is 52.8 cm³/mol. The third-order valence-electron chi connectivity index (χ3n) is 1.89. The van der Waals surface area contributed by atoms with Crippen molar-refractivity contribution < 1.29 is 31.7 Å². The van der Waals surface area contributed by atoms with Crippen LogP contribution < -0.4 is 0 Å². The Balaban J connectivity index is 1.85. The third-order valence-corrected chi connectivity index (χ3v) is 5.02. The van der Waals surface area contributed by atoms with Gasteiger partial charge in [0, 0.05) is 6.42 Å². The van der Waals surface area contributed by atoms with E-state index in [4.69, 9.17) is 22.6 Å². The third kappa shape index (κ3) is 3.37. The molecular weight excluding hydrogens is 258 g/mol. The minimum atomic E-state index is -3.62. The molecule has 92 valence electrons. The second-order valence-corrected chi connectivity index (χ2v) is 6.80. The van der Waals surface area contributed by atoms with Gasteiger partial charge < -0.3 is 9.05 Å². The Morgan fingerprint density at radius 3 is 2.31 bits per heavy atom. The van der Waals surface area contributed by atoms with Crippen LogP contribution in [-0.4, -0.2) is 32.8 Å². The zero-order valence-electron chi connectivity index (χ0n) is 8.49. The van der Waals surface area contributed by atoms with Crippen LogP contribution in [0.15, 0.2) is 0 Å². The molecule has 7 nitrogen and oxygen atoms in total. The lowest BCUT2D eigenvalue weighted by Gasteiger charge is -2.26. The summed E-state index contributed by atoms with van der Waals surface area (Å²) in [5.41, 5.74) is 0. The minimum absolute atomic E-state index is 0.0588. The van der Waals surface area contributed by atoms with E-state index in [1.165, 1.54) is 0 Å². The van der Waals surface area contributed by atoms with E-state index in [1.807, 2.05) is 0 Å². The van der Waals surface area contributed by atoms with Gasteiger partial charge in [0.2, 0.25) is 0 Å². The highest BCUT2D eigenvalue weighted by Gasteiger charge is 2.36. The van der Waals surface area contributed by atoms with Crippen LogP contribution >= 0.6 is 15.4 Å². The van der Waals surface area contributed by atoms with Gasteiger partial charge in [0.15, 0.2) is 6.35 Å². The first kappa shape index (κ1) is 12.7. The maximum Gasteiger partial charge on any atom is 0.475 e. The number of hydrogen-bond donors (Lipinski definition) is 0. The number of rotatable bonds is 3. The number of phosphoric ester groups is 1. The van der Waals surface area contributed by atoms with Crippen LogP contribution in [0, 0.1) is 6.42 Å². The summed E-state index contributed by atoms with van der Waals surface area (Å²) in [6.07, 6.45) is 2.91. The smallest absolute Gasteiger partial charge is 0.307 e. The molecule has 2 rings (SSSR count). The van der Waals surface area contributed by atoms with Crippen molar-refractivity contribution in [2.75, 3.05) is 32.8 Å². The zero-order chi connectivity index (χ0) is 11.5. The largest absolute Gasteiger partial charge is 0.475 e. The fourth-order valence-corrected chi connectivity index (χ4v) is 4.01. The Morgan fingerprint density at radius 1 is 1.06 bits per heavy atom. The van der Waals surface area contributed by atoms with Crippen molar-refractivity contribution in [3.05, 3.63) is 6.42 Å². The molecule has 0 aliphatic carbocycles. The molecule has 2 fully saturated rings. The van der Waals surface area contributed by atoms with Gasteiger partial charge in [-0.2, -0.15) is 0 Å². The van der Waals surface area contributed by atoms with Crippen molar-refractivity contribution in [2.24, 2.45) is 0 Å². The minimum Gasteiger partial charge on any atom is -0.307 e. The summed E-state index contributed by atoms with van der Waals surface area (Å²) in [6, 6.07) is 0. The highest BCUT2D eigenvalue weighted by molar-refractivity contribution is 7.55. The first-order valence-corrected chi connectivity index (χ1v) is 7.93. The fourth-order valence-electron chi connectivity index (χ4n) is 1.12. The maximum atomic E-state index is 11.8. The molecule has 0 aromatic rings. The van der Waals surface area contributed by atoms with Gasteiger partial charge in [-0.3, -0.25) is 18.1 Å². The Kier molecular flexibility index (Phi) is 4.19. The fraction of sp³-hybridized carbons (Fsp3) is 0.857. The van der Waals surface area contributed by atoms with Crippen molar-refractivity contribution in [3.8, 4) is 0 Å². The second kappa shape index (κ2) is 5.27. The van der Waals surface area contributed by atoms with Crippen LogP contribution in [0.1, 0.15) is 6.42 Å². The van der Waals surface area contributed by atoms with Gasteiger partial charge in [0.05, 0.1) is 26.4 Å². The highest BCUT2D eigenvalue weighted by Crippen LogP contribution is 2.58. The van der Waals surface area contributed by atoms with E-state index < -0.39 is 21.8 Å². The van der Waals surface area contributed by atoms with E-state index >= 15 is 0 Å². The lowest BCUT2D eigenvalue weighted by molar-refractivity contribution is 0.0910. The van der Waals surface area contributed by atoms with E-state index in [0.717, 1.165) is 0 Å². The molecule has 9 heteroatoms. The van der Waals surface area contributed by atoms with E-state index in [1.54, 1.807) is 0 Å². The molecule has 0 N–H and O–H groups in total. The standard InChI is InChI=1S/C7H12O7P2/c8-15(10-3-1-4-11-15)7-14-16(9)12-5-2-6-13-16/h1,3-7H2. The molecule has 0 bridgehead atoms. The highest BCUT2D eigenvalue weighted by atomic mass is 31.2. The van der Waals surface area contributed by atoms with Gasteiger partial charge in [-0.25, -0.2) is 4.57 Å². The summed E-state index contributed by atoms with van der Waals surface area (Å²) < 4.78 is 47.8. The second-order valence-electron chi connectivity index (χ2n) is 3.13. The first-order chi connectivity index (χ1) is 7.62. The SMILES string of the molecule is O=P1(COP2(=O)OC[C]CO2)OCCCO1. The normalized spacial score (nSPS) is 28.8. The van der Waals surface area contributed by atoms with Crippen LogP contribution in [0.2, 0.25) is 0 Å². The monoisotopic (exact) mass is 270 g/mol. The molecule has 0 aromatic carbocycles. The van der Waals surface area contributed by atoms with E-state index in [-0.39, 0.29) is 13.2 Å². The number of phosphoric acid groups is 1. The van der Waals surface area contributed by atoms with Gasteiger partial charge in [-0.05, 0) is 6.42 Å². The summed E-state index contributed by atoms with van der Waals surface area (Å²) in [5.74, 6) is 0. The quantitative estimate of drug-likeness (QED) is 0.723. The van der Waals surface area contributed by atoms with Crippen molar-refractivity contribution in [1.82, 2.24) is 0 Å². The molecule has 0 saturated carbocycles. The summed E-state index contributed by atoms with van der Waals surface area (Å²) in [4.78, 5) is 0. The summed E-state index contributed by atoms with van der Waals surface area (Å²) in [7, 11) is -6.91. The van der Waals surface area contributed by atoms with Crippen molar-refractivity contribution in [1.29, 1.82) is 0 Å². The lowest BCUT2D eigenvalue weighted by Crippen LogP contribution is -2.14. The van der Waals surface area contributed by atoms with Crippen LogP contribution in [0.3, 0.4) is 0 Å². The Labute approximate surface area is 93.5 Å². The number of hydrogen-bond acceptors (Lipinski definition) is 7. The lowest BCUT2D eigenvalue weighted by atomic mass is 10.5. The molecule has 16 heavy (non-hydrogen) atoms. The molecule has 2 aliphatic heterocycles. The van der Waals surface area contributed by atoms with E-state index in [2.05, 4.69) is 6.42 Å². The molecule has 0 atom stereocenters. The van der Waals surface area contributed by atoms with Crippen LogP contribution in [0.5, 0.6) is 0 Å². The van der Waals surface area contributed by atoms with Gasteiger partial charge >= 0.3 is 15.4 Å². The molecule has 2 heterocycles. The molecule has 2 aliphatic rings. The molecule has 0 amide bonds. The van der Waals surface area contributed by atoms with Crippen molar-refractivity contribution >= 4 is 15.4 Å². The summed E-state index contributed by atoms with van der Waals surface area (Å²) in [5, 5.41) is 0.